The van der Waals surface area contributed by atoms with Gasteiger partial charge in [-0.05, 0) is 30.3 Å². The zero-order valence-corrected chi connectivity index (χ0v) is 12.6. The van der Waals surface area contributed by atoms with Crippen LogP contribution in [-0.2, 0) is 0 Å². The predicted octanol–water partition coefficient (Wildman–Crippen LogP) is 3.56. The summed E-state index contributed by atoms with van der Waals surface area (Å²) in [5.74, 6) is -2.44. The number of rotatable bonds is 3. The third kappa shape index (κ3) is 3.11. The number of carboxylic acid groups (broad SMARTS) is 1. The van der Waals surface area contributed by atoms with Crippen molar-refractivity contribution in [2.24, 2.45) is 0 Å². The first-order chi connectivity index (χ1) is 9.91. The molecule has 0 bridgehead atoms. The van der Waals surface area contributed by atoms with Crippen LogP contribution in [0.1, 0.15) is 20.7 Å². The van der Waals surface area contributed by atoms with E-state index in [4.69, 9.17) is 5.11 Å². The van der Waals surface area contributed by atoms with Crippen molar-refractivity contribution in [1.29, 1.82) is 0 Å². The number of hydrogen-bond acceptors (Lipinski definition) is 2. The molecule has 0 aliphatic heterocycles. The number of benzene rings is 2. The Morgan fingerprint density at radius 1 is 1.14 bits per heavy atom. The summed E-state index contributed by atoms with van der Waals surface area (Å²) >= 11 is 3.18. The van der Waals surface area contributed by atoms with Crippen LogP contribution in [-0.4, -0.2) is 24.0 Å². The molecule has 1 N–H and O–H groups in total. The molecule has 0 heterocycles. The molecule has 0 unspecified atom stereocenters. The molecular weight excluding hydrogens is 341 g/mol. The fourth-order valence-corrected chi connectivity index (χ4v) is 2.26. The summed E-state index contributed by atoms with van der Waals surface area (Å²) in [7, 11) is 1.41. The number of aromatic carboxylic acids is 1. The highest BCUT2D eigenvalue weighted by molar-refractivity contribution is 9.10. The van der Waals surface area contributed by atoms with Gasteiger partial charge >= 0.3 is 5.97 Å². The van der Waals surface area contributed by atoms with Crippen LogP contribution in [0.25, 0.3) is 0 Å². The second-order valence-corrected chi connectivity index (χ2v) is 5.23. The van der Waals surface area contributed by atoms with Gasteiger partial charge in [-0.2, -0.15) is 0 Å². The number of nitrogens with zero attached hydrogens (tertiary/aromatic N) is 1. The molecule has 0 atom stereocenters. The standard InChI is InChI=1S/C15H11BrFNO3/c1-18(13-5-3-2-4-10(13)15(20)21)14(19)11-8-9(16)6-7-12(11)17/h2-8H,1H3,(H,20,21). The van der Waals surface area contributed by atoms with Gasteiger partial charge in [-0.3, -0.25) is 4.79 Å². The second kappa shape index (κ2) is 6.05. The van der Waals surface area contributed by atoms with Crippen LogP contribution in [0.3, 0.4) is 0 Å². The van der Waals surface area contributed by atoms with Crippen molar-refractivity contribution in [1.82, 2.24) is 0 Å². The fraction of sp³-hybridized carbons (Fsp3) is 0.0667. The Labute approximate surface area is 128 Å². The van der Waals surface area contributed by atoms with Gasteiger partial charge in [0.2, 0.25) is 0 Å². The number of carbonyl (C=O) groups excluding carboxylic acids is 1. The maximum absolute atomic E-state index is 13.8. The van der Waals surface area contributed by atoms with Gasteiger partial charge in [0.1, 0.15) is 5.82 Å². The van der Waals surface area contributed by atoms with Crippen molar-refractivity contribution in [3.8, 4) is 0 Å². The smallest absolute Gasteiger partial charge is 0.337 e. The van der Waals surface area contributed by atoms with E-state index in [0.29, 0.717) is 4.47 Å². The number of carbonyl (C=O) groups is 2. The molecular formula is C15H11BrFNO3. The number of hydrogen-bond donors (Lipinski definition) is 1. The molecule has 2 rings (SSSR count). The van der Waals surface area contributed by atoms with Gasteiger partial charge in [0.15, 0.2) is 0 Å². The molecule has 0 spiro atoms. The fourth-order valence-electron chi connectivity index (χ4n) is 1.90. The molecule has 0 radical (unpaired) electrons. The second-order valence-electron chi connectivity index (χ2n) is 4.31. The van der Waals surface area contributed by atoms with Gasteiger partial charge in [-0.25, -0.2) is 9.18 Å². The number of anilines is 1. The maximum atomic E-state index is 13.8. The van der Waals surface area contributed by atoms with Crippen LogP contribution in [0, 0.1) is 5.82 Å². The molecule has 0 fully saturated rings. The molecule has 1 amide bonds. The minimum atomic E-state index is -1.15. The van der Waals surface area contributed by atoms with E-state index in [9.17, 15) is 14.0 Å². The first kappa shape index (κ1) is 15.2. The predicted molar refractivity (Wildman–Crippen MR) is 80.2 cm³/mol. The van der Waals surface area contributed by atoms with Crippen molar-refractivity contribution in [3.05, 3.63) is 63.9 Å². The molecule has 0 saturated carbocycles. The van der Waals surface area contributed by atoms with Crippen LogP contribution >= 0.6 is 15.9 Å². The summed E-state index contributed by atoms with van der Waals surface area (Å²) in [6, 6.07) is 10.1. The molecule has 4 nitrogen and oxygen atoms in total. The molecule has 0 aliphatic rings. The first-order valence-electron chi connectivity index (χ1n) is 5.97. The maximum Gasteiger partial charge on any atom is 0.337 e. The largest absolute Gasteiger partial charge is 0.478 e. The lowest BCUT2D eigenvalue weighted by Crippen LogP contribution is -2.28. The summed E-state index contributed by atoms with van der Waals surface area (Å²) < 4.78 is 14.3. The van der Waals surface area contributed by atoms with Gasteiger partial charge in [0.05, 0.1) is 16.8 Å². The van der Waals surface area contributed by atoms with Crippen molar-refractivity contribution in [2.75, 3.05) is 11.9 Å². The summed E-state index contributed by atoms with van der Waals surface area (Å²) in [6.07, 6.45) is 0. The Morgan fingerprint density at radius 2 is 1.81 bits per heavy atom. The third-order valence-corrected chi connectivity index (χ3v) is 3.45. The lowest BCUT2D eigenvalue weighted by molar-refractivity contribution is 0.0697. The monoisotopic (exact) mass is 351 g/mol. The van der Waals surface area contributed by atoms with Crippen molar-refractivity contribution in [3.63, 3.8) is 0 Å². The average molecular weight is 352 g/mol. The number of amides is 1. The molecule has 108 valence electrons. The van der Waals surface area contributed by atoms with Gasteiger partial charge in [-0.1, -0.05) is 28.1 Å². The molecule has 21 heavy (non-hydrogen) atoms. The zero-order chi connectivity index (χ0) is 15.6. The minimum Gasteiger partial charge on any atom is -0.478 e. The van der Waals surface area contributed by atoms with Crippen LogP contribution < -0.4 is 4.90 Å². The van der Waals surface area contributed by atoms with E-state index in [1.807, 2.05) is 0 Å². The van der Waals surface area contributed by atoms with Gasteiger partial charge in [-0.15, -0.1) is 0 Å². The molecule has 0 aromatic heterocycles. The van der Waals surface area contributed by atoms with Crippen LogP contribution in [0.2, 0.25) is 0 Å². The van der Waals surface area contributed by atoms with Crippen LogP contribution in [0.15, 0.2) is 46.9 Å². The highest BCUT2D eigenvalue weighted by Gasteiger charge is 2.21. The van der Waals surface area contributed by atoms with E-state index in [1.54, 1.807) is 12.1 Å². The lowest BCUT2D eigenvalue weighted by Gasteiger charge is -2.19. The third-order valence-electron chi connectivity index (χ3n) is 2.96. The van der Waals surface area contributed by atoms with E-state index in [2.05, 4.69) is 15.9 Å². The Hall–Kier alpha value is -2.21. The van der Waals surface area contributed by atoms with Crippen LogP contribution in [0.4, 0.5) is 10.1 Å². The van der Waals surface area contributed by atoms with E-state index in [1.165, 1.54) is 37.4 Å². The highest BCUT2D eigenvalue weighted by Crippen LogP contribution is 2.23. The van der Waals surface area contributed by atoms with Crippen molar-refractivity contribution < 1.29 is 19.1 Å². The Bertz CT molecular complexity index is 718. The highest BCUT2D eigenvalue weighted by atomic mass is 79.9. The topological polar surface area (TPSA) is 57.6 Å². The van der Waals surface area contributed by atoms with Gasteiger partial charge in [0, 0.05) is 11.5 Å². The Balaban J connectivity index is 2.45. The summed E-state index contributed by atoms with van der Waals surface area (Å²) in [4.78, 5) is 24.7. The minimum absolute atomic E-state index is 0.0243. The summed E-state index contributed by atoms with van der Waals surface area (Å²) in [5.41, 5.74) is 0.0465. The van der Waals surface area contributed by atoms with E-state index >= 15 is 0 Å². The Morgan fingerprint density at radius 3 is 2.48 bits per heavy atom. The summed E-state index contributed by atoms with van der Waals surface area (Å²) in [5, 5.41) is 9.15. The molecule has 0 saturated heterocycles. The molecule has 2 aromatic rings. The molecule has 6 heteroatoms. The number of para-hydroxylation sites is 1. The zero-order valence-electron chi connectivity index (χ0n) is 11.0. The van der Waals surface area contributed by atoms with Crippen molar-refractivity contribution in [2.45, 2.75) is 0 Å². The van der Waals surface area contributed by atoms with Gasteiger partial charge in [0.25, 0.3) is 5.91 Å². The molecule has 2 aromatic carbocycles. The lowest BCUT2D eigenvalue weighted by atomic mass is 10.1. The van der Waals surface area contributed by atoms with E-state index < -0.39 is 17.7 Å². The van der Waals surface area contributed by atoms with E-state index in [-0.39, 0.29) is 16.8 Å². The van der Waals surface area contributed by atoms with Crippen LogP contribution in [0.5, 0.6) is 0 Å². The first-order valence-corrected chi connectivity index (χ1v) is 6.76. The SMILES string of the molecule is CN(C(=O)c1cc(Br)ccc1F)c1ccccc1C(=O)O. The van der Waals surface area contributed by atoms with E-state index in [0.717, 1.165) is 4.90 Å². The molecule has 0 aliphatic carbocycles. The normalized spacial score (nSPS) is 10.2. The summed E-state index contributed by atoms with van der Waals surface area (Å²) in [6.45, 7) is 0. The Kier molecular flexibility index (Phi) is 4.37. The number of carboxylic acids is 1. The quantitative estimate of drug-likeness (QED) is 0.919. The van der Waals surface area contributed by atoms with Crippen molar-refractivity contribution >= 4 is 33.5 Å². The number of halogens is 2. The van der Waals surface area contributed by atoms with Gasteiger partial charge < -0.3 is 10.0 Å². The average Bonchev–Trinajstić information content (AvgIpc) is 2.48.